The summed E-state index contributed by atoms with van der Waals surface area (Å²) in [4.78, 5) is 20.7. The van der Waals surface area contributed by atoms with Crippen LogP contribution in [0.25, 0.3) is 10.9 Å². The van der Waals surface area contributed by atoms with Crippen LogP contribution in [-0.4, -0.2) is 29.5 Å². The van der Waals surface area contributed by atoms with Crippen LogP contribution in [0.3, 0.4) is 0 Å². The lowest BCUT2D eigenvalue weighted by atomic mass is 10.1. The van der Waals surface area contributed by atoms with E-state index in [1.165, 1.54) is 0 Å². The van der Waals surface area contributed by atoms with Gasteiger partial charge in [0.2, 0.25) is 5.95 Å². The zero-order valence-electron chi connectivity index (χ0n) is 13.3. The van der Waals surface area contributed by atoms with Gasteiger partial charge in [-0.15, -0.1) is 0 Å². The summed E-state index contributed by atoms with van der Waals surface area (Å²) in [5, 5.41) is 3.56. The van der Waals surface area contributed by atoms with Crippen molar-refractivity contribution >= 4 is 22.8 Å². The summed E-state index contributed by atoms with van der Waals surface area (Å²) in [6.07, 6.45) is 0.661. The van der Waals surface area contributed by atoms with Crippen molar-refractivity contribution in [2.75, 3.05) is 19.4 Å². The van der Waals surface area contributed by atoms with Gasteiger partial charge in [0, 0.05) is 11.9 Å². The van der Waals surface area contributed by atoms with Gasteiger partial charge in [-0.3, -0.25) is 4.79 Å². The Bertz CT molecular complexity index is 880. The molecule has 0 saturated heterocycles. The molecule has 3 rings (SSSR count). The Hall–Kier alpha value is -3.15. The number of carbonyl (C=O) groups is 1. The zero-order valence-corrected chi connectivity index (χ0v) is 13.3. The first-order valence-electron chi connectivity index (χ1n) is 7.61. The van der Waals surface area contributed by atoms with Crippen LogP contribution in [0.4, 0.5) is 5.95 Å². The lowest BCUT2D eigenvalue weighted by Crippen LogP contribution is -2.27. The van der Waals surface area contributed by atoms with Crippen LogP contribution in [-0.2, 0) is 6.42 Å². The third-order valence-corrected chi connectivity index (χ3v) is 3.71. The molecular formula is C18H18N4O2. The van der Waals surface area contributed by atoms with E-state index in [1.807, 2.05) is 42.5 Å². The molecule has 0 aliphatic carbocycles. The Morgan fingerprint density at radius 1 is 1.12 bits per heavy atom. The number of amides is 1. The van der Waals surface area contributed by atoms with E-state index in [0.717, 1.165) is 11.3 Å². The van der Waals surface area contributed by atoms with Crippen LogP contribution in [0.15, 0.2) is 48.5 Å². The van der Waals surface area contributed by atoms with E-state index in [4.69, 9.17) is 10.5 Å². The molecule has 0 aliphatic rings. The summed E-state index contributed by atoms with van der Waals surface area (Å²) in [5.74, 6) is 0.627. The topological polar surface area (TPSA) is 90.1 Å². The zero-order chi connectivity index (χ0) is 16.9. The largest absolute Gasteiger partial charge is 0.496 e. The fraction of sp³-hybridized carbons (Fsp3) is 0.167. The van der Waals surface area contributed by atoms with Gasteiger partial charge in [-0.2, -0.15) is 0 Å². The van der Waals surface area contributed by atoms with Gasteiger partial charge in [0.05, 0.1) is 12.6 Å². The minimum absolute atomic E-state index is 0.0866. The molecule has 0 unspecified atom stereocenters. The summed E-state index contributed by atoms with van der Waals surface area (Å²) in [7, 11) is 1.63. The Morgan fingerprint density at radius 2 is 1.88 bits per heavy atom. The number of nitrogens with two attached hydrogens (primary N) is 1. The first kappa shape index (κ1) is 15.7. The van der Waals surface area contributed by atoms with Crippen molar-refractivity contribution < 1.29 is 9.53 Å². The summed E-state index contributed by atoms with van der Waals surface area (Å²) in [6, 6.07) is 15.0. The first-order chi connectivity index (χ1) is 11.7. The molecule has 3 aromatic rings. The average Bonchev–Trinajstić information content (AvgIpc) is 2.61. The van der Waals surface area contributed by atoms with Crippen molar-refractivity contribution in [1.82, 2.24) is 15.3 Å². The monoisotopic (exact) mass is 322 g/mol. The van der Waals surface area contributed by atoms with Crippen molar-refractivity contribution in [1.29, 1.82) is 0 Å². The lowest BCUT2D eigenvalue weighted by molar-refractivity contribution is 0.0951. The van der Waals surface area contributed by atoms with Crippen LogP contribution >= 0.6 is 0 Å². The van der Waals surface area contributed by atoms with E-state index >= 15 is 0 Å². The van der Waals surface area contributed by atoms with Crippen molar-refractivity contribution in [3.05, 3.63) is 59.8 Å². The number of methoxy groups -OCH3 is 1. The highest BCUT2D eigenvalue weighted by Crippen LogP contribution is 2.18. The highest BCUT2D eigenvalue weighted by Gasteiger charge is 2.13. The molecule has 0 saturated carbocycles. The van der Waals surface area contributed by atoms with Gasteiger partial charge < -0.3 is 15.8 Å². The van der Waals surface area contributed by atoms with Gasteiger partial charge in [0.1, 0.15) is 11.4 Å². The average molecular weight is 322 g/mol. The van der Waals surface area contributed by atoms with Crippen molar-refractivity contribution in [3.63, 3.8) is 0 Å². The van der Waals surface area contributed by atoms with E-state index in [9.17, 15) is 4.79 Å². The minimum Gasteiger partial charge on any atom is -0.496 e. The maximum absolute atomic E-state index is 12.5. The molecule has 0 bridgehead atoms. The van der Waals surface area contributed by atoms with Crippen molar-refractivity contribution in [2.45, 2.75) is 6.42 Å². The van der Waals surface area contributed by atoms with Crippen LogP contribution in [0.1, 0.15) is 16.1 Å². The lowest BCUT2D eigenvalue weighted by Gasteiger charge is -2.10. The number of carbonyl (C=O) groups excluding carboxylic acids is 1. The van der Waals surface area contributed by atoms with E-state index in [0.29, 0.717) is 23.9 Å². The number of hydrogen-bond donors (Lipinski definition) is 2. The summed E-state index contributed by atoms with van der Waals surface area (Å²) < 4.78 is 5.31. The third-order valence-electron chi connectivity index (χ3n) is 3.71. The molecule has 3 N–H and O–H groups in total. The molecule has 0 atom stereocenters. The number of ether oxygens (including phenoxy) is 1. The molecule has 1 amide bonds. The first-order valence-corrected chi connectivity index (χ1v) is 7.61. The van der Waals surface area contributed by atoms with Gasteiger partial charge >= 0.3 is 0 Å². The van der Waals surface area contributed by atoms with Crippen LogP contribution < -0.4 is 15.8 Å². The number of para-hydroxylation sites is 2. The van der Waals surface area contributed by atoms with E-state index < -0.39 is 0 Å². The summed E-state index contributed by atoms with van der Waals surface area (Å²) in [6.45, 7) is 0.470. The highest BCUT2D eigenvalue weighted by atomic mass is 16.5. The maximum atomic E-state index is 12.5. The van der Waals surface area contributed by atoms with Crippen molar-refractivity contribution in [3.8, 4) is 5.75 Å². The second-order valence-electron chi connectivity index (χ2n) is 5.27. The maximum Gasteiger partial charge on any atom is 0.270 e. The van der Waals surface area contributed by atoms with Gasteiger partial charge in [0.15, 0.2) is 0 Å². The van der Waals surface area contributed by atoms with Gasteiger partial charge in [0.25, 0.3) is 5.91 Å². The number of nitrogen functional groups attached to an aromatic ring is 1. The molecule has 2 aromatic carbocycles. The second-order valence-corrected chi connectivity index (χ2v) is 5.27. The predicted molar refractivity (Wildman–Crippen MR) is 93.0 cm³/mol. The fourth-order valence-corrected chi connectivity index (χ4v) is 2.57. The van der Waals surface area contributed by atoms with E-state index in [2.05, 4.69) is 15.3 Å². The number of aromatic nitrogens is 2. The summed E-state index contributed by atoms with van der Waals surface area (Å²) in [5.41, 5.74) is 7.68. The van der Waals surface area contributed by atoms with Crippen LogP contribution in [0, 0.1) is 0 Å². The normalized spacial score (nSPS) is 10.5. The fourth-order valence-electron chi connectivity index (χ4n) is 2.57. The number of fused-ring (bicyclic) bond motifs is 1. The molecule has 0 aliphatic heterocycles. The molecule has 0 spiro atoms. The van der Waals surface area contributed by atoms with Crippen LogP contribution in [0.2, 0.25) is 0 Å². The van der Waals surface area contributed by atoms with E-state index in [1.54, 1.807) is 13.2 Å². The Labute approximate surface area is 139 Å². The number of nitrogens with one attached hydrogen (secondary N) is 1. The van der Waals surface area contributed by atoms with Gasteiger partial charge in [-0.25, -0.2) is 9.97 Å². The second kappa shape index (κ2) is 6.95. The molecule has 122 valence electrons. The predicted octanol–water partition coefficient (Wildman–Crippen LogP) is 2.19. The molecule has 0 fully saturated rings. The number of hydrogen-bond acceptors (Lipinski definition) is 5. The molecule has 1 heterocycles. The van der Waals surface area contributed by atoms with Crippen LogP contribution in [0.5, 0.6) is 5.75 Å². The highest BCUT2D eigenvalue weighted by molar-refractivity contribution is 6.04. The number of benzene rings is 2. The molecule has 1 aromatic heterocycles. The van der Waals surface area contributed by atoms with Crippen molar-refractivity contribution in [2.24, 2.45) is 0 Å². The number of nitrogens with zero attached hydrogens (tertiary/aromatic N) is 2. The SMILES string of the molecule is COc1ccccc1CCNC(=O)c1nc(N)nc2ccccc12. The van der Waals surface area contributed by atoms with Gasteiger partial charge in [-0.05, 0) is 24.1 Å². The smallest absolute Gasteiger partial charge is 0.270 e. The number of rotatable bonds is 5. The molecule has 6 nitrogen and oxygen atoms in total. The van der Waals surface area contributed by atoms with E-state index in [-0.39, 0.29) is 17.5 Å². The minimum atomic E-state index is -0.268. The number of anilines is 1. The third kappa shape index (κ3) is 3.27. The Morgan fingerprint density at radius 3 is 2.71 bits per heavy atom. The molecule has 24 heavy (non-hydrogen) atoms. The van der Waals surface area contributed by atoms with Gasteiger partial charge in [-0.1, -0.05) is 36.4 Å². The molecular weight excluding hydrogens is 304 g/mol. The quantitative estimate of drug-likeness (QED) is 0.751. The Balaban J connectivity index is 1.74. The summed E-state index contributed by atoms with van der Waals surface area (Å²) >= 11 is 0. The standard InChI is InChI=1S/C18H18N4O2/c1-24-15-9-5-2-6-12(15)10-11-20-17(23)16-13-7-3-4-8-14(13)21-18(19)22-16/h2-9H,10-11H2,1H3,(H,20,23)(H2,19,21,22). The Kier molecular flexibility index (Phi) is 4.56. The molecule has 0 radical (unpaired) electrons. The molecule has 6 heteroatoms.